The number of carboxylic acid groups (broad SMARTS) is 5. The van der Waals surface area contributed by atoms with E-state index >= 15 is 0 Å². The molecule has 0 aromatic heterocycles. The topological polar surface area (TPSA) is 196 Å². The standard InChI is InChI=1S/C15H25N3O10/c19-11(20)6-16(4-5-18(9-14(25)26)10-15(27)28)2-1-3-17(7-12(21)22)8-13(23)24/h1-10H2,(H,19,20)(H,21,22)(H,23,24)(H,25,26)(H,27,28). The zero-order valence-electron chi connectivity index (χ0n) is 15.2. The van der Waals surface area contributed by atoms with Gasteiger partial charge in [-0.2, -0.15) is 0 Å². The van der Waals surface area contributed by atoms with Crippen LogP contribution in [0.25, 0.3) is 0 Å². The maximum absolute atomic E-state index is 11.0. The van der Waals surface area contributed by atoms with Gasteiger partial charge in [0.05, 0.1) is 32.7 Å². The molecule has 0 radical (unpaired) electrons. The molecule has 13 heteroatoms. The van der Waals surface area contributed by atoms with Gasteiger partial charge in [0, 0.05) is 26.2 Å². The Kier molecular flexibility index (Phi) is 12.1. The third kappa shape index (κ3) is 14.4. The highest BCUT2D eigenvalue weighted by molar-refractivity contribution is 5.73. The highest BCUT2D eigenvalue weighted by atomic mass is 16.4. The number of hydrogen-bond acceptors (Lipinski definition) is 8. The van der Waals surface area contributed by atoms with E-state index in [1.54, 1.807) is 0 Å². The van der Waals surface area contributed by atoms with Crippen molar-refractivity contribution < 1.29 is 49.5 Å². The van der Waals surface area contributed by atoms with E-state index in [4.69, 9.17) is 25.5 Å². The monoisotopic (exact) mass is 407 g/mol. The Morgan fingerprint density at radius 2 is 0.679 bits per heavy atom. The van der Waals surface area contributed by atoms with Crippen LogP contribution in [0.3, 0.4) is 0 Å². The Balaban J connectivity index is 4.72. The predicted octanol–water partition coefficient (Wildman–Crippen LogP) is -2.29. The van der Waals surface area contributed by atoms with Crippen molar-refractivity contribution in [3.63, 3.8) is 0 Å². The minimum Gasteiger partial charge on any atom is -0.480 e. The molecule has 5 N–H and O–H groups in total. The van der Waals surface area contributed by atoms with Gasteiger partial charge >= 0.3 is 29.8 Å². The van der Waals surface area contributed by atoms with Crippen molar-refractivity contribution in [2.75, 3.05) is 58.9 Å². The van der Waals surface area contributed by atoms with E-state index in [-0.39, 0.29) is 39.1 Å². The van der Waals surface area contributed by atoms with E-state index in [9.17, 15) is 24.0 Å². The van der Waals surface area contributed by atoms with Gasteiger partial charge in [-0.1, -0.05) is 0 Å². The first-order chi connectivity index (χ1) is 13.0. The van der Waals surface area contributed by atoms with Crippen LogP contribution in [0.5, 0.6) is 0 Å². The first-order valence-electron chi connectivity index (χ1n) is 8.25. The molecule has 28 heavy (non-hydrogen) atoms. The van der Waals surface area contributed by atoms with Crippen LogP contribution >= 0.6 is 0 Å². The van der Waals surface area contributed by atoms with Gasteiger partial charge in [-0.05, 0) is 6.42 Å². The number of carbonyl (C=O) groups is 5. The Bertz CT molecular complexity index is 536. The molecule has 0 saturated heterocycles. The van der Waals surface area contributed by atoms with Gasteiger partial charge in [-0.15, -0.1) is 0 Å². The summed E-state index contributed by atoms with van der Waals surface area (Å²) in [5.74, 6) is -5.97. The molecule has 0 atom stereocenters. The fourth-order valence-corrected chi connectivity index (χ4v) is 2.46. The van der Waals surface area contributed by atoms with Crippen molar-refractivity contribution in [3.05, 3.63) is 0 Å². The lowest BCUT2D eigenvalue weighted by molar-refractivity contribution is -0.144. The number of nitrogens with zero attached hydrogens (tertiary/aromatic N) is 3. The van der Waals surface area contributed by atoms with E-state index in [0.717, 1.165) is 4.90 Å². The lowest BCUT2D eigenvalue weighted by atomic mass is 10.3. The van der Waals surface area contributed by atoms with Crippen LogP contribution in [0, 0.1) is 0 Å². The zero-order chi connectivity index (χ0) is 21.7. The first kappa shape index (κ1) is 25.2. The minimum atomic E-state index is -1.22. The smallest absolute Gasteiger partial charge is 0.317 e. The summed E-state index contributed by atoms with van der Waals surface area (Å²) in [6, 6.07) is 0. The van der Waals surface area contributed by atoms with Crippen molar-refractivity contribution in [3.8, 4) is 0 Å². The van der Waals surface area contributed by atoms with Crippen molar-refractivity contribution in [1.29, 1.82) is 0 Å². The Labute approximate surface area is 160 Å². The van der Waals surface area contributed by atoms with Crippen molar-refractivity contribution in [2.24, 2.45) is 0 Å². The van der Waals surface area contributed by atoms with Gasteiger partial charge in [0.15, 0.2) is 0 Å². The van der Waals surface area contributed by atoms with Gasteiger partial charge < -0.3 is 25.5 Å². The molecule has 160 valence electrons. The van der Waals surface area contributed by atoms with Crippen LogP contribution in [-0.4, -0.2) is 129 Å². The highest BCUT2D eigenvalue weighted by Gasteiger charge is 2.18. The second-order valence-corrected chi connectivity index (χ2v) is 6.02. The molecule has 0 spiro atoms. The van der Waals surface area contributed by atoms with Gasteiger partial charge in [0.25, 0.3) is 0 Å². The Morgan fingerprint density at radius 3 is 1.04 bits per heavy atom. The average molecular weight is 407 g/mol. The van der Waals surface area contributed by atoms with Crippen molar-refractivity contribution >= 4 is 29.8 Å². The number of hydrogen-bond donors (Lipinski definition) is 5. The molecular formula is C15H25N3O10. The normalized spacial score (nSPS) is 11.1. The third-order valence-electron chi connectivity index (χ3n) is 3.48. The van der Waals surface area contributed by atoms with Crippen molar-refractivity contribution in [1.82, 2.24) is 14.7 Å². The van der Waals surface area contributed by atoms with E-state index in [1.807, 2.05) is 0 Å². The molecule has 0 rings (SSSR count). The molecule has 0 aromatic rings. The molecule has 0 aromatic carbocycles. The molecule has 0 unspecified atom stereocenters. The molecule has 0 saturated carbocycles. The molecule has 0 aliphatic carbocycles. The Hall–Kier alpha value is -2.77. The van der Waals surface area contributed by atoms with Gasteiger partial charge in [-0.3, -0.25) is 38.7 Å². The number of carboxylic acids is 5. The maximum Gasteiger partial charge on any atom is 0.317 e. The zero-order valence-corrected chi connectivity index (χ0v) is 15.2. The fourth-order valence-electron chi connectivity index (χ4n) is 2.46. The van der Waals surface area contributed by atoms with E-state index in [1.165, 1.54) is 9.80 Å². The lowest BCUT2D eigenvalue weighted by Gasteiger charge is -2.26. The predicted molar refractivity (Wildman–Crippen MR) is 92.1 cm³/mol. The van der Waals surface area contributed by atoms with Crippen LogP contribution in [0.1, 0.15) is 6.42 Å². The van der Waals surface area contributed by atoms with Crippen LogP contribution in [0.15, 0.2) is 0 Å². The number of rotatable bonds is 17. The highest BCUT2D eigenvalue weighted by Crippen LogP contribution is 1.99. The van der Waals surface area contributed by atoms with Crippen LogP contribution in [0.4, 0.5) is 0 Å². The summed E-state index contributed by atoms with van der Waals surface area (Å²) in [4.78, 5) is 57.9. The molecule has 0 bridgehead atoms. The van der Waals surface area contributed by atoms with Crippen LogP contribution < -0.4 is 0 Å². The largest absolute Gasteiger partial charge is 0.480 e. The van der Waals surface area contributed by atoms with Gasteiger partial charge in [-0.25, -0.2) is 0 Å². The quantitative estimate of drug-likeness (QED) is 0.173. The summed E-state index contributed by atoms with van der Waals surface area (Å²) >= 11 is 0. The maximum atomic E-state index is 11.0. The summed E-state index contributed by atoms with van der Waals surface area (Å²) in [6.07, 6.45) is 0.270. The average Bonchev–Trinajstić information content (AvgIpc) is 2.49. The molecule has 13 nitrogen and oxygen atoms in total. The number of aliphatic carboxylic acids is 5. The Morgan fingerprint density at radius 1 is 0.429 bits per heavy atom. The van der Waals surface area contributed by atoms with Crippen LogP contribution in [0.2, 0.25) is 0 Å². The van der Waals surface area contributed by atoms with E-state index in [2.05, 4.69) is 0 Å². The SMILES string of the molecule is O=C(O)CN(CCCN(CC(=O)O)CC(=O)O)CCN(CC(=O)O)CC(=O)O. The molecule has 0 aliphatic heterocycles. The fraction of sp³-hybridized carbons (Fsp3) is 0.667. The minimum absolute atomic E-state index is 0.000153. The van der Waals surface area contributed by atoms with Gasteiger partial charge in [0.1, 0.15) is 0 Å². The third-order valence-corrected chi connectivity index (χ3v) is 3.48. The second-order valence-electron chi connectivity index (χ2n) is 6.02. The summed E-state index contributed by atoms with van der Waals surface area (Å²) in [5.41, 5.74) is 0. The van der Waals surface area contributed by atoms with Gasteiger partial charge in [0.2, 0.25) is 0 Å². The molecule has 0 fully saturated rings. The second kappa shape index (κ2) is 13.4. The molecule has 0 amide bonds. The summed E-state index contributed by atoms with van der Waals surface area (Å²) < 4.78 is 0. The summed E-state index contributed by atoms with van der Waals surface area (Å²) in [6.45, 7) is -2.02. The van der Waals surface area contributed by atoms with Crippen molar-refractivity contribution in [2.45, 2.75) is 6.42 Å². The summed E-state index contributed by atoms with van der Waals surface area (Å²) in [7, 11) is 0. The lowest BCUT2D eigenvalue weighted by Crippen LogP contribution is -2.43. The molecular weight excluding hydrogens is 382 g/mol. The van der Waals surface area contributed by atoms with Crippen LogP contribution in [-0.2, 0) is 24.0 Å². The molecule has 0 heterocycles. The molecule has 0 aliphatic rings. The summed E-state index contributed by atoms with van der Waals surface area (Å²) in [5, 5.41) is 44.2. The van der Waals surface area contributed by atoms with E-state index in [0.29, 0.717) is 0 Å². The first-order valence-corrected chi connectivity index (χ1v) is 8.25. The van der Waals surface area contributed by atoms with E-state index < -0.39 is 56.0 Å².